The molecule has 27 heavy (non-hydrogen) atoms. The van der Waals surface area contributed by atoms with Crippen LogP contribution in [0.15, 0.2) is 77.7 Å². The third kappa shape index (κ3) is 5.91. The van der Waals surface area contributed by atoms with Crippen LogP contribution in [0.3, 0.4) is 0 Å². The second-order valence-electron chi connectivity index (χ2n) is 5.86. The van der Waals surface area contributed by atoms with E-state index in [9.17, 15) is 8.42 Å². The van der Waals surface area contributed by atoms with Gasteiger partial charge in [0.2, 0.25) is 10.0 Å². The largest absolute Gasteiger partial charge is 0.282 e. The van der Waals surface area contributed by atoms with Crippen LogP contribution in [0.25, 0.3) is 0 Å². The summed E-state index contributed by atoms with van der Waals surface area (Å²) in [7, 11) is -3.59. The number of para-hydroxylation sites is 1. The van der Waals surface area contributed by atoms with E-state index in [1.807, 2.05) is 36.4 Å². The summed E-state index contributed by atoms with van der Waals surface area (Å²) in [5.74, 6) is 0.531. The Labute approximate surface area is 173 Å². The summed E-state index contributed by atoms with van der Waals surface area (Å²) in [5, 5.41) is 1.13. The van der Waals surface area contributed by atoms with Gasteiger partial charge in [0.25, 0.3) is 0 Å². The van der Waals surface area contributed by atoms with Crippen molar-refractivity contribution in [1.82, 2.24) is 0 Å². The third-order valence-electron chi connectivity index (χ3n) is 3.76. The Morgan fingerprint density at radius 2 is 1.52 bits per heavy atom. The van der Waals surface area contributed by atoms with Gasteiger partial charge in [0.1, 0.15) is 0 Å². The fraction of sp³-hybridized carbons (Fsp3) is 0.100. The lowest BCUT2D eigenvalue weighted by Crippen LogP contribution is -2.15. The average Bonchev–Trinajstić information content (AvgIpc) is 2.64. The second kappa shape index (κ2) is 9.02. The van der Waals surface area contributed by atoms with Gasteiger partial charge in [-0.1, -0.05) is 65.7 Å². The van der Waals surface area contributed by atoms with Crippen LogP contribution in [0.5, 0.6) is 0 Å². The molecule has 0 aliphatic carbocycles. The van der Waals surface area contributed by atoms with Crippen molar-refractivity contribution in [2.45, 2.75) is 16.4 Å². The number of rotatable bonds is 7. The quantitative estimate of drug-likeness (QED) is 0.445. The van der Waals surface area contributed by atoms with Gasteiger partial charge in [-0.25, -0.2) is 8.42 Å². The van der Waals surface area contributed by atoms with Crippen molar-refractivity contribution in [3.05, 3.63) is 94.0 Å². The summed E-state index contributed by atoms with van der Waals surface area (Å²) in [6.45, 7) is 0. The van der Waals surface area contributed by atoms with Gasteiger partial charge < -0.3 is 0 Å². The van der Waals surface area contributed by atoms with Crippen molar-refractivity contribution in [3.8, 4) is 0 Å². The molecule has 0 spiro atoms. The van der Waals surface area contributed by atoms with E-state index < -0.39 is 10.0 Å². The number of hydrogen-bond donors (Lipinski definition) is 1. The molecule has 0 bridgehead atoms. The van der Waals surface area contributed by atoms with Gasteiger partial charge in [-0.05, 0) is 41.5 Å². The van der Waals surface area contributed by atoms with Crippen LogP contribution < -0.4 is 4.72 Å². The molecule has 0 saturated carbocycles. The Morgan fingerprint density at radius 3 is 2.26 bits per heavy atom. The third-order valence-corrected chi connectivity index (χ3v) is 6.75. The number of hydrogen-bond acceptors (Lipinski definition) is 3. The van der Waals surface area contributed by atoms with Gasteiger partial charge in [-0.3, -0.25) is 4.72 Å². The highest BCUT2D eigenvalue weighted by molar-refractivity contribution is 7.98. The van der Waals surface area contributed by atoms with E-state index in [1.165, 1.54) is 0 Å². The molecule has 3 aromatic carbocycles. The van der Waals surface area contributed by atoms with Crippen molar-refractivity contribution >= 4 is 50.7 Å². The molecule has 3 aromatic rings. The minimum absolute atomic E-state index is 0.178. The molecule has 0 heterocycles. The smallest absolute Gasteiger partial charge is 0.237 e. The van der Waals surface area contributed by atoms with Crippen molar-refractivity contribution in [3.63, 3.8) is 0 Å². The number of anilines is 1. The highest BCUT2D eigenvalue weighted by Gasteiger charge is 2.15. The van der Waals surface area contributed by atoms with Crippen molar-refractivity contribution in [2.75, 3.05) is 4.72 Å². The number of halogens is 2. The van der Waals surface area contributed by atoms with Crippen LogP contribution in [0.2, 0.25) is 10.0 Å². The van der Waals surface area contributed by atoms with Gasteiger partial charge in [0.15, 0.2) is 0 Å². The molecule has 0 amide bonds. The molecule has 140 valence electrons. The first-order valence-corrected chi connectivity index (χ1v) is 11.5. The Balaban J connectivity index is 1.73. The highest BCUT2D eigenvalue weighted by atomic mass is 35.5. The highest BCUT2D eigenvalue weighted by Crippen LogP contribution is 2.31. The molecular weight excluding hydrogens is 421 g/mol. The van der Waals surface area contributed by atoms with E-state index in [0.29, 0.717) is 27.0 Å². The Morgan fingerprint density at radius 1 is 0.852 bits per heavy atom. The monoisotopic (exact) mass is 437 g/mol. The molecular formula is C20H17Cl2NO2S2. The first-order valence-electron chi connectivity index (χ1n) is 8.13. The van der Waals surface area contributed by atoms with E-state index >= 15 is 0 Å². The maximum atomic E-state index is 12.6. The fourth-order valence-corrected chi connectivity index (χ4v) is 5.13. The molecule has 0 fully saturated rings. The van der Waals surface area contributed by atoms with E-state index in [0.717, 1.165) is 10.5 Å². The first kappa shape index (κ1) is 20.1. The fourth-order valence-electron chi connectivity index (χ4n) is 2.44. The van der Waals surface area contributed by atoms with Gasteiger partial charge >= 0.3 is 0 Å². The average molecular weight is 438 g/mol. The Bertz CT molecular complexity index is 1020. The molecule has 3 nitrogen and oxygen atoms in total. The molecule has 0 radical (unpaired) electrons. The first-order chi connectivity index (χ1) is 12.9. The number of benzene rings is 3. The zero-order chi connectivity index (χ0) is 19.3. The molecule has 0 aliphatic rings. The molecule has 0 atom stereocenters. The van der Waals surface area contributed by atoms with Gasteiger partial charge in [-0.15, -0.1) is 11.8 Å². The zero-order valence-electron chi connectivity index (χ0n) is 14.2. The molecule has 7 heteroatoms. The normalized spacial score (nSPS) is 11.3. The molecule has 0 saturated heterocycles. The van der Waals surface area contributed by atoms with Crippen LogP contribution in [0.1, 0.15) is 11.1 Å². The van der Waals surface area contributed by atoms with Crippen LogP contribution >= 0.6 is 35.0 Å². The topological polar surface area (TPSA) is 46.2 Å². The Kier molecular flexibility index (Phi) is 6.71. The summed E-state index contributed by atoms with van der Waals surface area (Å²) >= 11 is 13.6. The molecule has 0 aliphatic heterocycles. The van der Waals surface area contributed by atoms with Crippen LogP contribution in [0, 0.1) is 0 Å². The molecule has 0 aromatic heterocycles. The summed E-state index contributed by atoms with van der Waals surface area (Å²) in [4.78, 5) is 0.857. The minimum Gasteiger partial charge on any atom is -0.282 e. The lowest BCUT2D eigenvalue weighted by atomic mass is 10.2. The molecule has 1 N–H and O–H groups in total. The van der Waals surface area contributed by atoms with E-state index in [-0.39, 0.29) is 5.75 Å². The van der Waals surface area contributed by atoms with E-state index in [2.05, 4.69) is 4.72 Å². The van der Waals surface area contributed by atoms with Gasteiger partial charge in [0, 0.05) is 20.7 Å². The summed E-state index contributed by atoms with van der Waals surface area (Å²) < 4.78 is 27.9. The van der Waals surface area contributed by atoms with Gasteiger partial charge in [-0.2, -0.15) is 0 Å². The molecule has 3 rings (SSSR count). The lowest BCUT2D eigenvalue weighted by molar-refractivity contribution is 0.600. The van der Waals surface area contributed by atoms with Crippen LogP contribution in [0.4, 0.5) is 5.69 Å². The minimum atomic E-state index is -3.59. The SMILES string of the molecule is O=S(=O)(Cc1ccccc1Cl)Nc1ccccc1SCc1ccc(Cl)cc1. The standard InChI is InChI=1S/C20H17Cl2NO2S2/c21-17-11-9-15(10-12-17)13-26-20-8-4-3-7-19(20)23-27(24,25)14-16-5-1-2-6-18(16)22/h1-12,23H,13-14H2. The Hall–Kier alpha value is -1.66. The van der Waals surface area contributed by atoms with E-state index in [1.54, 1.807) is 48.2 Å². The van der Waals surface area contributed by atoms with Crippen LogP contribution in [-0.2, 0) is 21.5 Å². The predicted octanol–water partition coefficient (Wildman–Crippen LogP) is 6.23. The zero-order valence-corrected chi connectivity index (χ0v) is 17.4. The van der Waals surface area contributed by atoms with E-state index in [4.69, 9.17) is 23.2 Å². The number of thioether (sulfide) groups is 1. The summed E-state index contributed by atoms with van der Waals surface area (Å²) in [5.41, 5.74) is 2.24. The van der Waals surface area contributed by atoms with Crippen LogP contribution in [-0.4, -0.2) is 8.42 Å². The second-order valence-corrected chi connectivity index (χ2v) is 9.45. The predicted molar refractivity (Wildman–Crippen MR) is 115 cm³/mol. The lowest BCUT2D eigenvalue weighted by Gasteiger charge is -2.13. The van der Waals surface area contributed by atoms with Crippen molar-refractivity contribution in [1.29, 1.82) is 0 Å². The maximum Gasteiger partial charge on any atom is 0.237 e. The van der Waals surface area contributed by atoms with Crippen molar-refractivity contribution in [2.24, 2.45) is 0 Å². The number of nitrogens with one attached hydrogen (secondary N) is 1. The molecule has 0 unspecified atom stereocenters. The maximum absolute atomic E-state index is 12.6. The summed E-state index contributed by atoms with van der Waals surface area (Å²) in [6, 6.07) is 21.9. The number of sulfonamides is 1. The van der Waals surface area contributed by atoms with Gasteiger partial charge in [0.05, 0.1) is 11.4 Å². The van der Waals surface area contributed by atoms with Crippen molar-refractivity contribution < 1.29 is 8.42 Å². The summed E-state index contributed by atoms with van der Waals surface area (Å²) in [6.07, 6.45) is 0.